The number of carbonyl (C=O) groups excluding carboxylic acids is 1. The van der Waals surface area contributed by atoms with Gasteiger partial charge in [0.15, 0.2) is 0 Å². The number of methoxy groups -OCH3 is 1. The molecule has 1 aromatic rings. The van der Waals surface area contributed by atoms with Crippen LogP contribution in [0, 0.1) is 11.7 Å². The number of piperidine rings is 1. The number of aliphatic hydroxyl groups is 1. The Labute approximate surface area is 118 Å². The minimum absolute atomic E-state index is 0.0263. The second-order valence-corrected chi connectivity index (χ2v) is 5.21. The molecule has 1 aliphatic heterocycles. The number of likely N-dealkylation sites (tertiary alicyclic amines) is 1. The molecule has 5 heteroatoms. The fourth-order valence-electron chi connectivity index (χ4n) is 2.73. The van der Waals surface area contributed by atoms with Crippen LogP contribution in [0.2, 0.25) is 0 Å². The van der Waals surface area contributed by atoms with E-state index in [0.717, 1.165) is 12.8 Å². The predicted octanol–water partition coefficient (Wildman–Crippen LogP) is 2.07. The highest BCUT2D eigenvalue weighted by Gasteiger charge is 2.32. The van der Waals surface area contributed by atoms with E-state index in [1.807, 2.05) is 6.92 Å². The molecule has 0 bridgehead atoms. The fourth-order valence-corrected chi connectivity index (χ4v) is 2.73. The molecule has 0 radical (unpaired) electrons. The molecule has 1 N–H and O–H groups in total. The summed E-state index contributed by atoms with van der Waals surface area (Å²) in [6, 6.07) is 3.97. The predicted molar refractivity (Wildman–Crippen MR) is 73.3 cm³/mol. The number of hydrogen-bond acceptors (Lipinski definition) is 3. The van der Waals surface area contributed by atoms with Crippen LogP contribution in [0.5, 0.6) is 5.75 Å². The number of carbonyl (C=O) groups is 1. The van der Waals surface area contributed by atoms with Crippen molar-refractivity contribution in [1.29, 1.82) is 0 Å². The summed E-state index contributed by atoms with van der Waals surface area (Å²) in [7, 11) is 1.45. The van der Waals surface area contributed by atoms with E-state index in [1.54, 1.807) is 11.0 Å². The molecule has 2 atom stereocenters. The third-order valence-corrected chi connectivity index (χ3v) is 3.97. The van der Waals surface area contributed by atoms with Crippen molar-refractivity contribution < 1.29 is 19.0 Å². The third-order valence-electron chi connectivity index (χ3n) is 3.97. The SMILES string of the molecule is COc1ccc(C(=O)N2CCCC(C)C2CO)c(F)c1. The highest BCUT2D eigenvalue weighted by molar-refractivity contribution is 5.95. The van der Waals surface area contributed by atoms with E-state index in [2.05, 4.69) is 0 Å². The van der Waals surface area contributed by atoms with Gasteiger partial charge in [-0.25, -0.2) is 4.39 Å². The van der Waals surface area contributed by atoms with Gasteiger partial charge in [0.2, 0.25) is 0 Å². The number of hydrogen-bond donors (Lipinski definition) is 1. The zero-order chi connectivity index (χ0) is 14.7. The van der Waals surface area contributed by atoms with Crippen LogP contribution in [-0.4, -0.2) is 42.2 Å². The number of nitrogens with zero attached hydrogens (tertiary/aromatic N) is 1. The molecule has 2 unspecified atom stereocenters. The van der Waals surface area contributed by atoms with Gasteiger partial charge in [-0.15, -0.1) is 0 Å². The van der Waals surface area contributed by atoms with E-state index in [4.69, 9.17) is 4.74 Å². The van der Waals surface area contributed by atoms with Crippen LogP contribution in [-0.2, 0) is 0 Å². The quantitative estimate of drug-likeness (QED) is 0.922. The van der Waals surface area contributed by atoms with Gasteiger partial charge in [-0.3, -0.25) is 4.79 Å². The van der Waals surface area contributed by atoms with Gasteiger partial charge in [0, 0.05) is 12.6 Å². The van der Waals surface area contributed by atoms with E-state index in [0.29, 0.717) is 12.3 Å². The molecule has 110 valence electrons. The van der Waals surface area contributed by atoms with Gasteiger partial charge < -0.3 is 14.7 Å². The summed E-state index contributed by atoms with van der Waals surface area (Å²) in [6.45, 7) is 2.47. The molecular formula is C15H20FNO3. The first-order valence-electron chi connectivity index (χ1n) is 6.83. The smallest absolute Gasteiger partial charge is 0.257 e. The molecule has 0 aromatic heterocycles. The summed E-state index contributed by atoms with van der Waals surface area (Å²) in [4.78, 5) is 14.1. The zero-order valence-corrected chi connectivity index (χ0v) is 11.8. The summed E-state index contributed by atoms with van der Waals surface area (Å²) in [5.41, 5.74) is 0.0263. The van der Waals surface area contributed by atoms with Gasteiger partial charge in [0.25, 0.3) is 5.91 Å². The molecule has 0 spiro atoms. The first-order chi connectivity index (χ1) is 9.58. The Balaban J connectivity index is 2.25. The lowest BCUT2D eigenvalue weighted by Crippen LogP contribution is -2.49. The average Bonchev–Trinajstić information content (AvgIpc) is 2.46. The molecule has 1 fully saturated rings. The van der Waals surface area contributed by atoms with Crippen LogP contribution in [0.4, 0.5) is 4.39 Å². The fraction of sp³-hybridized carbons (Fsp3) is 0.533. The molecule has 1 amide bonds. The molecular weight excluding hydrogens is 261 g/mol. The van der Waals surface area contributed by atoms with Gasteiger partial charge in [0.1, 0.15) is 11.6 Å². The summed E-state index contributed by atoms with van der Waals surface area (Å²) >= 11 is 0. The van der Waals surface area contributed by atoms with Gasteiger partial charge in [0.05, 0.1) is 25.3 Å². The Morgan fingerprint density at radius 2 is 2.30 bits per heavy atom. The number of halogens is 1. The summed E-state index contributed by atoms with van der Waals surface area (Å²) in [6.07, 6.45) is 1.85. The van der Waals surface area contributed by atoms with Crippen LogP contribution in [0.1, 0.15) is 30.1 Å². The molecule has 0 aliphatic carbocycles. The highest BCUT2D eigenvalue weighted by Crippen LogP contribution is 2.26. The van der Waals surface area contributed by atoms with Crippen LogP contribution in [0.15, 0.2) is 18.2 Å². The Bertz CT molecular complexity index is 492. The van der Waals surface area contributed by atoms with Crippen molar-refractivity contribution >= 4 is 5.91 Å². The number of aliphatic hydroxyl groups excluding tert-OH is 1. The largest absolute Gasteiger partial charge is 0.497 e. The molecule has 2 rings (SSSR count). The molecule has 1 aliphatic rings. The van der Waals surface area contributed by atoms with Crippen LogP contribution < -0.4 is 4.74 Å². The normalized spacial score (nSPS) is 22.7. The maximum Gasteiger partial charge on any atom is 0.257 e. The minimum atomic E-state index is -0.593. The summed E-state index contributed by atoms with van der Waals surface area (Å²) < 4.78 is 18.9. The minimum Gasteiger partial charge on any atom is -0.497 e. The van der Waals surface area contributed by atoms with E-state index in [-0.39, 0.29) is 30.0 Å². The van der Waals surface area contributed by atoms with Crippen LogP contribution in [0.25, 0.3) is 0 Å². The Morgan fingerprint density at radius 1 is 1.55 bits per heavy atom. The number of rotatable bonds is 3. The van der Waals surface area contributed by atoms with Crippen molar-refractivity contribution in [3.8, 4) is 5.75 Å². The van der Waals surface area contributed by atoms with E-state index in [1.165, 1.54) is 19.2 Å². The maximum atomic E-state index is 14.0. The van der Waals surface area contributed by atoms with Gasteiger partial charge in [-0.1, -0.05) is 6.92 Å². The van der Waals surface area contributed by atoms with Crippen molar-refractivity contribution in [1.82, 2.24) is 4.90 Å². The van der Waals surface area contributed by atoms with Crippen LogP contribution >= 0.6 is 0 Å². The van der Waals surface area contributed by atoms with E-state index < -0.39 is 5.82 Å². The molecule has 4 nitrogen and oxygen atoms in total. The van der Waals surface area contributed by atoms with Crippen molar-refractivity contribution in [2.45, 2.75) is 25.8 Å². The highest BCUT2D eigenvalue weighted by atomic mass is 19.1. The first kappa shape index (κ1) is 14.8. The standard InChI is InChI=1S/C15H20FNO3/c1-10-4-3-7-17(14(10)9-18)15(19)12-6-5-11(20-2)8-13(12)16/h5-6,8,10,14,18H,3-4,7,9H2,1-2H3. The summed E-state index contributed by atoms with van der Waals surface area (Å²) in [5, 5.41) is 9.47. The first-order valence-corrected chi connectivity index (χ1v) is 6.83. The number of amides is 1. The Morgan fingerprint density at radius 3 is 2.90 bits per heavy atom. The number of ether oxygens (including phenoxy) is 1. The van der Waals surface area contributed by atoms with Crippen molar-refractivity contribution in [2.75, 3.05) is 20.3 Å². The van der Waals surface area contributed by atoms with Crippen molar-refractivity contribution in [3.63, 3.8) is 0 Å². The topological polar surface area (TPSA) is 49.8 Å². The molecule has 1 heterocycles. The third kappa shape index (κ3) is 2.77. The second kappa shape index (κ2) is 6.22. The second-order valence-electron chi connectivity index (χ2n) is 5.21. The Kier molecular flexibility index (Phi) is 4.60. The van der Waals surface area contributed by atoms with Gasteiger partial charge in [-0.2, -0.15) is 0 Å². The lowest BCUT2D eigenvalue weighted by Gasteiger charge is -2.39. The van der Waals surface area contributed by atoms with Crippen LogP contribution in [0.3, 0.4) is 0 Å². The lowest BCUT2D eigenvalue weighted by atomic mass is 9.90. The lowest BCUT2D eigenvalue weighted by molar-refractivity contribution is 0.0354. The van der Waals surface area contributed by atoms with Crippen molar-refractivity contribution in [2.24, 2.45) is 5.92 Å². The average molecular weight is 281 g/mol. The molecule has 0 saturated carbocycles. The van der Waals surface area contributed by atoms with E-state index >= 15 is 0 Å². The Hall–Kier alpha value is -1.62. The maximum absolute atomic E-state index is 14.0. The number of benzene rings is 1. The van der Waals surface area contributed by atoms with Gasteiger partial charge >= 0.3 is 0 Å². The monoisotopic (exact) mass is 281 g/mol. The molecule has 20 heavy (non-hydrogen) atoms. The van der Waals surface area contributed by atoms with Crippen molar-refractivity contribution in [3.05, 3.63) is 29.6 Å². The van der Waals surface area contributed by atoms with Gasteiger partial charge in [-0.05, 0) is 30.9 Å². The van der Waals surface area contributed by atoms with E-state index in [9.17, 15) is 14.3 Å². The zero-order valence-electron chi connectivity index (χ0n) is 11.8. The molecule has 1 aromatic carbocycles. The molecule has 1 saturated heterocycles. The summed E-state index contributed by atoms with van der Waals surface area (Å²) in [5.74, 6) is -0.358.